The Kier molecular flexibility index (Phi) is 4.21. The SMILES string of the molecule is O=C1CC(O)CN1CCOCC(F)F. The minimum absolute atomic E-state index is 0.0861. The molecule has 1 saturated heterocycles. The zero-order valence-electron chi connectivity index (χ0n) is 7.66. The summed E-state index contributed by atoms with van der Waals surface area (Å²) in [5.41, 5.74) is 0. The molecule has 0 aromatic heterocycles. The monoisotopic (exact) mass is 209 g/mol. The fraction of sp³-hybridized carbons (Fsp3) is 0.875. The Morgan fingerprint density at radius 3 is 2.86 bits per heavy atom. The molecule has 0 spiro atoms. The predicted molar refractivity (Wildman–Crippen MR) is 44.0 cm³/mol. The van der Waals surface area contributed by atoms with Crippen molar-refractivity contribution in [3.8, 4) is 0 Å². The van der Waals surface area contributed by atoms with E-state index >= 15 is 0 Å². The molecule has 0 aliphatic carbocycles. The lowest BCUT2D eigenvalue weighted by Crippen LogP contribution is -2.30. The van der Waals surface area contributed by atoms with Gasteiger partial charge in [-0.1, -0.05) is 0 Å². The van der Waals surface area contributed by atoms with Crippen LogP contribution < -0.4 is 0 Å². The molecule has 14 heavy (non-hydrogen) atoms. The van der Waals surface area contributed by atoms with E-state index in [0.29, 0.717) is 0 Å². The molecule has 1 aliphatic heterocycles. The Labute approximate surface area is 80.4 Å². The number of β-amino-alcohol motifs (C(OH)–C–C–N with tert-alkyl or cyclic N) is 1. The molecule has 0 aromatic carbocycles. The number of aliphatic hydroxyl groups excluding tert-OH is 1. The van der Waals surface area contributed by atoms with Crippen molar-refractivity contribution in [2.75, 3.05) is 26.3 Å². The summed E-state index contributed by atoms with van der Waals surface area (Å²) in [5, 5.41) is 9.09. The van der Waals surface area contributed by atoms with Crippen molar-refractivity contribution in [3.63, 3.8) is 0 Å². The molecule has 1 N–H and O–H groups in total. The van der Waals surface area contributed by atoms with Gasteiger partial charge in [0.15, 0.2) is 0 Å². The Morgan fingerprint density at radius 2 is 2.36 bits per heavy atom. The largest absolute Gasteiger partial charge is 0.391 e. The number of carbonyl (C=O) groups excluding carboxylic acids is 1. The van der Waals surface area contributed by atoms with Crippen LogP contribution in [0.15, 0.2) is 0 Å². The van der Waals surface area contributed by atoms with Crippen LogP contribution in [-0.2, 0) is 9.53 Å². The number of rotatable bonds is 5. The standard InChI is InChI=1S/C8H13F2NO3/c9-7(10)5-14-2-1-11-4-6(12)3-8(11)13/h6-7,12H,1-5H2. The number of nitrogens with zero attached hydrogens (tertiary/aromatic N) is 1. The normalized spacial score (nSPS) is 22.4. The van der Waals surface area contributed by atoms with Crippen LogP contribution in [0.5, 0.6) is 0 Å². The summed E-state index contributed by atoms with van der Waals surface area (Å²) < 4.78 is 27.9. The van der Waals surface area contributed by atoms with E-state index in [0.717, 1.165) is 0 Å². The van der Waals surface area contributed by atoms with E-state index in [4.69, 9.17) is 5.11 Å². The summed E-state index contributed by atoms with van der Waals surface area (Å²) in [7, 11) is 0. The number of amides is 1. The summed E-state index contributed by atoms with van der Waals surface area (Å²) in [5.74, 6) is -0.154. The number of halogens is 2. The van der Waals surface area contributed by atoms with Gasteiger partial charge in [-0.25, -0.2) is 8.78 Å². The fourth-order valence-electron chi connectivity index (χ4n) is 1.31. The fourth-order valence-corrected chi connectivity index (χ4v) is 1.31. The van der Waals surface area contributed by atoms with Crippen molar-refractivity contribution >= 4 is 5.91 Å². The van der Waals surface area contributed by atoms with Crippen LogP contribution in [0.1, 0.15) is 6.42 Å². The van der Waals surface area contributed by atoms with E-state index in [1.807, 2.05) is 0 Å². The topological polar surface area (TPSA) is 49.8 Å². The molecule has 1 rings (SSSR count). The summed E-state index contributed by atoms with van der Waals surface area (Å²) in [6.07, 6.45) is -2.98. The first-order valence-corrected chi connectivity index (χ1v) is 4.41. The molecule has 0 bridgehead atoms. The number of aliphatic hydroxyl groups is 1. The van der Waals surface area contributed by atoms with Crippen LogP contribution in [0.2, 0.25) is 0 Å². The van der Waals surface area contributed by atoms with E-state index in [1.54, 1.807) is 0 Å². The summed E-state index contributed by atoms with van der Waals surface area (Å²) in [6, 6.07) is 0. The lowest BCUT2D eigenvalue weighted by Gasteiger charge is -2.15. The summed E-state index contributed by atoms with van der Waals surface area (Å²) in [4.78, 5) is 12.5. The highest BCUT2D eigenvalue weighted by Gasteiger charge is 2.27. The minimum atomic E-state index is -2.48. The maximum atomic E-state index is 11.6. The van der Waals surface area contributed by atoms with Gasteiger partial charge in [0.2, 0.25) is 5.91 Å². The Bertz CT molecular complexity index is 201. The molecule has 1 fully saturated rings. The average molecular weight is 209 g/mol. The van der Waals surface area contributed by atoms with Crippen LogP contribution in [0.25, 0.3) is 0 Å². The van der Waals surface area contributed by atoms with Crippen molar-refractivity contribution in [1.29, 1.82) is 0 Å². The van der Waals surface area contributed by atoms with Gasteiger partial charge in [0.05, 0.1) is 19.1 Å². The zero-order valence-corrected chi connectivity index (χ0v) is 7.66. The van der Waals surface area contributed by atoms with Crippen LogP contribution >= 0.6 is 0 Å². The highest BCUT2D eigenvalue weighted by Crippen LogP contribution is 2.09. The average Bonchev–Trinajstić information content (AvgIpc) is 2.39. The Balaban J connectivity index is 2.10. The summed E-state index contributed by atoms with van der Waals surface area (Å²) in [6.45, 7) is 0.0207. The minimum Gasteiger partial charge on any atom is -0.391 e. The molecule has 1 aliphatic rings. The molecule has 0 saturated carbocycles. The van der Waals surface area contributed by atoms with Crippen molar-refractivity contribution in [3.05, 3.63) is 0 Å². The van der Waals surface area contributed by atoms with Crippen LogP contribution in [0, 0.1) is 0 Å². The van der Waals surface area contributed by atoms with E-state index in [2.05, 4.69) is 4.74 Å². The zero-order chi connectivity index (χ0) is 10.6. The van der Waals surface area contributed by atoms with Gasteiger partial charge in [-0.3, -0.25) is 4.79 Å². The van der Waals surface area contributed by atoms with E-state index in [-0.39, 0.29) is 32.0 Å². The second-order valence-corrected chi connectivity index (χ2v) is 3.16. The molecule has 0 aromatic rings. The Morgan fingerprint density at radius 1 is 1.64 bits per heavy atom. The van der Waals surface area contributed by atoms with Crippen molar-refractivity contribution < 1.29 is 23.4 Å². The predicted octanol–water partition coefficient (Wildman–Crippen LogP) is -0.139. The highest BCUT2D eigenvalue weighted by atomic mass is 19.3. The first-order valence-electron chi connectivity index (χ1n) is 4.41. The lowest BCUT2D eigenvalue weighted by molar-refractivity contribution is -0.128. The van der Waals surface area contributed by atoms with Gasteiger partial charge in [-0.05, 0) is 0 Å². The number of ether oxygens (including phenoxy) is 1. The molecule has 82 valence electrons. The van der Waals surface area contributed by atoms with Gasteiger partial charge in [-0.15, -0.1) is 0 Å². The third-order valence-corrected chi connectivity index (χ3v) is 1.94. The highest BCUT2D eigenvalue weighted by molar-refractivity contribution is 5.78. The quantitative estimate of drug-likeness (QED) is 0.641. The Hall–Kier alpha value is -0.750. The number of hydrogen-bond acceptors (Lipinski definition) is 3. The molecule has 0 radical (unpaired) electrons. The van der Waals surface area contributed by atoms with Gasteiger partial charge >= 0.3 is 0 Å². The molecular weight excluding hydrogens is 196 g/mol. The maximum absolute atomic E-state index is 11.6. The van der Waals surface area contributed by atoms with Gasteiger partial charge in [-0.2, -0.15) is 0 Å². The van der Waals surface area contributed by atoms with Gasteiger partial charge in [0, 0.05) is 13.1 Å². The molecule has 6 heteroatoms. The van der Waals surface area contributed by atoms with Crippen molar-refractivity contribution in [1.82, 2.24) is 4.90 Å². The van der Waals surface area contributed by atoms with Crippen LogP contribution in [0.4, 0.5) is 8.78 Å². The second kappa shape index (κ2) is 5.21. The van der Waals surface area contributed by atoms with Crippen molar-refractivity contribution in [2.45, 2.75) is 19.0 Å². The first-order chi connectivity index (χ1) is 6.59. The van der Waals surface area contributed by atoms with E-state index < -0.39 is 19.1 Å². The maximum Gasteiger partial charge on any atom is 0.261 e. The van der Waals surface area contributed by atoms with Crippen molar-refractivity contribution in [2.24, 2.45) is 0 Å². The molecule has 4 nitrogen and oxygen atoms in total. The number of hydrogen-bond donors (Lipinski definition) is 1. The number of carbonyl (C=O) groups is 1. The summed E-state index contributed by atoms with van der Waals surface area (Å²) >= 11 is 0. The molecule has 1 heterocycles. The molecule has 1 amide bonds. The second-order valence-electron chi connectivity index (χ2n) is 3.16. The van der Waals surface area contributed by atoms with Gasteiger partial charge in [0.1, 0.15) is 6.61 Å². The molecule has 1 atom stereocenters. The van der Waals surface area contributed by atoms with Crippen LogP contribution in [-0.4, -0.2) is 54.7 Å². The van der Waals surface area contributed by atoms with Crippen LogP contribution in [0.3, 0.4) is 0 Å². The number of likely N-dealkylation sites (tertiary alicyclic amines) is 1. The van der Waals surface area contributed by atoms with Gasteiger partial charge in [0.25, 0.3) is 6.43 Å². The number of alkyl halides is 2. The lowest BCUT2D eigenvalue weighted by atomic mass is 10.3. The third-order valence-electron chi connectivity index (χ3n) is 1.94. The van der Waals surface area contributed by atoms with E-state index in [9.17, 15) is 13.6 Å². The first kappa shape index (κ1) is 11.3. The molecule has 1 unspecified atom stereocenters. The van der Waals surface area contributed by atoms with Gasteiger partial charge < -0.3 is 14.7 Å². The van der Waals surface area contributed by atoms with E-state index in [1.165, 1.54) is 4.90 Å². The molecular formula is C8H13F2NO3. The smallest absolute Gasteiger partial charge is 0.261 e. The third kappa shape index (κ3) is 3.55.